The zero-order chi connectivity index (χ0) is 24.7. The molecule has 0 aliphatic carbocycles. The maximum Gasteiger partial charge on any atom is 0.0974 e. The Morgan fingerprint density at radius 3 is 1.88 bits per heavy atom. The molecule has 1 aliphatic rings. The lowest BCUT2D eigenvalue weighted by Gasteiger charge is -2.14. The molecule has 0 amide bonds. The smallest absolute Gasteiger partial charge is 0.0974 e. The van der Waals surface area contributed by atoms with Crippen molar-refractivity contribution in [3.63, 3.8) is 0 Å². The van der Waals surface area contributed by atoms with Gasteiger partial charge in [-0.15, -0.1) is 0 Å². The summed E-state index contributed by atoms with van der Waals surface area (Å²) in [6.07, 6.45) is 33.1. The van der Waals surface area contributed by atoms with Gasteiger partial charge < -0.3 is 15.6 Å². The third-order valence-corrected chi connectivity index (χ3v) is 7.42. The molecule has 4 heteroatoms. The van der Waals surface area contributed by atoms with Gasteiger partial charge in [-0.2, -0.15) is 0 Å². The van der Waals surface area contributed by atoms with Crippen LogP contribution >= 0.6 is 11.6 Å². The van der Waals surface area contributed by atoms with Crippen molar-refractivity contribution in [2.24, 2.45) is 5.73 Å². The fraction of sp³-hybridized carbons (Fsp3) is 0.867. The first-order valence-electron chi connectivity index (χ1n) is 14.7. The van der Waals surface area contributed by atoms with Crippen molar-refractivity contribution in [1.82, 2.24) is 0 Å². The molecule has 3 atom stereocenters. The monoisotopic (exact) mass is 497 g/mol. The Kier molecular flexibility index (Phi) is 21.5. The summed E-state index contributed by atoms with van der Waals surface area (Å²) in [6, 6.07) is -0.211. The number of hydrogen-bond donors (Lipinski definition) is 2. The van der Waals surface area contributed by atoms with E-state index in [9.17, 15) is 5.11 Å². The van der Waals surface area contributed by atoms with Crippen LogP contribution in [-0.2, 0) is 4.74 Å². The number of hydrogen-bond acceptors (Lipinski definition) is 3. The molecule has 1 heterocycles. The number of allylic oxidation sites excluding steroid dienone is 4. The van der Waals surface area contributed by atoms with E-state index in [-0.39, 0.29) is 12.1 Å². The molecule has 0 bridgehead atoms. The van der Waals surface area contributed by atoms with Crippen LogP contribution < -0.4 is 5.73 Å². The van der Waals surface area contributed by atoms with Crippen molar-refractivity contribution >= 4 is 11.6 Å². The summed E-state index contributed by atoms with van der Waals surface area (Å²) in [5.41, 5.74) is 5.77. The Morgan fingerprint density at radius 2 is 1.32 bits per heavy atom. The molecule has 1 aliphatic heterocycles. The van der Waals surface area contributed by atoms with Crippen LogP contribution in [0.3, 0.4) is 0 Å². The van der Waals surface area contributed by atoms with Crippen LogP contribution in [0.1, 0.15) is 142 Å². The fourth-order valence-corrected chi connectivity index (χ4v) is 4.94. The summed E-state index contributed by atoms with van der Waals surface area (Å²) in [5, 5.41) is 10.9. The van der Waals surface area contributed by atoms with E-state index in [1.165, 1.54) is 89.9 Å². The summed E-state index contributed by atoms with van der Waals surface area (Å²) in [4.78, 5) is 0. The third kappa shape index (κ3) is 18.0. The van der Waals surface area contributed by atoms with E-state index >= 15 is 0 Å². The third-order valence-electron chi connectivity index (χ3n) is 7.07. The molecule has 3 N–H and O–H groups in total. The molecular weight excluding hydrogens is 442 g/mol. The van der Waals surface area contributed by atoms with Gasteiger partial charge in [-0.05, 0) is 44.9 Å². The van der Waals surface area contributed by atoms with Gasteiger partial charge in [0.2, 0.25) is 0 Å². The predicted molar refractivity (Wildman–Crippen MR) is 149 cm³/mol. The molecule has 1 fully saturated rings. The van der Waals surface area contributed by atoms with Crippen LogP contribution in [0, 0.1) is 0 Å². The molecule has 3 nitrogen and oxygen atoms in total. The average molecular weight is 498 g/mol. The summed E-state index contributed by atoms with van der Waals surface area (Å²) in [5.74, 6) is 0. The van der Waals surface area contributed by atoms with Gasteiger partial charge in [0, 0.05) is 5.03 Å². The second kappa shape index (κ2) is 23.1. The quantitative estimate of drug-likeness (QED) is 0.109. The second-order valence-corrected chi connectivity index (χ2v) is 10.8. The first-order valence-corrected chi connectivity index (χ1v) is 15.1. The minimum Gasteiger partial charge on any atom is -0.389 e. The number of rotatable bonds is 23. The van der Waals surface area contributed by atoms with Crippen LogP contribution in [0.25, 0.3) is 0 Å². The molecule has 1 rings (SSSR count). The maximum atomic E-state index is 9.88. The minimum atomic E-state index is -0.492. The van der Waals surface area contributed by atoms with E-state index in [0.29, 0.717) is 6.61 Å². The summed E-state index contributed by atoms with van der Waals surface area (Å²) >= 11 is 6.38. The van der Waals surface area contributed by atoms with Crippen molar-refractivity contribution in [1.29, 1.82) is 0 Å². The lowest BCUT2D eigenvalue weighted by Crippen LogP contribution is -2.36. The van der Waals surface area contributed by atoms with Gasteiger partial charge in [0.25, 0.3) is 0 Å². The molecule has 0 aromatic rings. The van der Waals surface area contributed by atoms with E-state index < -0.39 is 6.10 Å². The Labute approximate surface area is 216 Å². The van der Waals surface area contributed by atoms with E-state index in [1.807, 2.05) is 0 Å². The van der Waals surface area contributed by atoms with E-state index in [4.69, 9.17) is 22.1 Å². The Hall–Kier alpha value is -0.350. The van der Waals surface area contributed by atoms with E-state index in [2.05, 4.69) is 25.2 Å². The molecule has 0 radical (unpaired) electrons. The largest absolute Gasteiger partial charge is 0.389 e. The number of aliphatic hydroxyl groups excluding tert-OH is 1. The molecule has 1 saturated heterocycles. The molecule has 200 valence electrons. The standard InChI is InChI=1S/C30H56ClNO2/c1-2-3-4-5-6-7-8-9-10-11-12-13-14-17-20-23-27(31)24-21-18-15-16-19-22-25-29-30(33)28(32)26-34-29/h15,18,23,28-30,33H,2-14,16-17,19-22,24-26,32H2,1H3/b18-15-,27-23-/t28-,29-,30-/m0/s1. The summed E-state index contributed by atoms with van der Waals surface area (Å²) in [7, 11) is 0. The highest BCUT2D eigenvalue weighted by Gasteiger charge is 2.32. The van der Waals surface area contributed by atoms with Crippen LogP contribution in [0.2, 0.25) is 0 Å². The average Bonchev–Trinajstić information content (AvgIpc) is 3.15. The van der Waals surface area contributed by atoms with Gasteiger partial charge in [0.15, 0.2) is 0 Å². The summed E-state index contributed by atoms with van der Waals surface area (Å²) in [6.45, 7) is 2.77. The van der Waals surface area contributed by atoms with Gasteiger partial charge in [-0.25, -0.2) is 0 Å². The molecule has 0 spiro atoms. The van der Waals surface area contributed by atoms with Crippen LogP contribution in [0.4, 0.5) is 0 Å². The van der Waals surface area contributed by atoms with E-state index in [1.54, 1.807) is 0 Å². The lowest BCUT2D eigenvalue weighted by atomic mass is 10.0. The highest BCUT2D eigenvalue weighted by atomic mass is 35.5. The first-order chi connectivity index (χ1) is 16.6. The van der Waals surface area contributed by atoms with Crippen LogP contribution in [-0.4, -0.2) is 30.0 Å². The minimum absolute atomic E-state index is 0.0670. The Morgan fingerprint density at radius 1 is 0.794 bits per heavy atom. The molecule has 0 aromatic carbocycles. The highest BCUT2D eigenvalue weighted by Crippen LogP contribution is 2.19. The fourth-order valence-electron chi connectivity index (χ4n) is 4.73. The van der Waals surface area contributed by atoms with Crippen LogP contribution in [0.15, 0.2) is 23.3 Å². The Balaban J connectivity index is 1.81. The zero-order valence-electron chi connectivity index (χ0n) is 22.3. The lowest BCUT2D eigenvalue weighted by molar-refractivity contribution is 0.0344. The predicted octanol–water partition coefficient (Wildman–Crippen LogP) is 8.96. The normalized spacial score (nSPS) is 21.2. The van der Waals surface area contributed by atoms with Crippen molar-refractivity contribution in [2.45, 2.75) is 160 Å². The van der Waals surface area contributed by atoms with Crippen molar-refractivity contribution in [3.8, 4) is 0 Å². The SMILES string of the molecule is CCCCCCCCCCCCCCCC/C=C(\Cl)CC/C=C\CCCC[C@@H]1OC[C@H](N)[C@@H]1O. The van der Waals surface area contributed by atoms with Crippen molar-refractivity contribution < 1.29 is 9.84 Å². The van der Waals surface area contributed by atoms with Crippen molar-refractivity contribution in [2.75, 3.05) is 6.61 Å². The number of halogens is 1. The maximum absolute atomic E-state index is 9.88. The number of unbranched alkanes of at least 4 members (excludes halogenated alkanes) is 16. The van der Waals surface area contributed by atoms with Gasteiger partial charge in [0.1, 0.15) is 0 Å². The number of ether oxygens (including phenoxy) is 1. The molecule has 34 heavy (non-hydrogen) atoms. The number of nitrogens with two attached hydrogens (primary N) is 1. The van der Waals surface area contributed by atoms with Crippen molar-refractivity contribution in [3.05, 3.63) is 23.3 Å². The van der Waals surface area contributed by atoms with Gasteiger partial charge in [-0.3, -0.25) is 0 Å². The van der Waals surface area contributed by atoms with Gasteiger partial charge >= 0.3 is 0 Å². The zero-order valence-corrected chi connectivity index (χ0v) is 23.1. The highest BCUT2D eigenvalue weighted by molar-refractivity contribution is 6.29. The van der Waals surface area contributed by atoms with Crippen LogP contribution in [0.5, 0.6) is 0 Å². The second-order valence-electron chi connectivity index (χ2n) is 10.4. The number of aliphatic hydroxyl groups is 1. The Bertz CT molecular complexity index is 508. The topological polar surface area (TPSA) is 55.5 Å². The van der Waals surface area contributed by atoms with Gasteiger partial charge in [0.05, 0.1) is 24.9 Å². The van der Waals surface area contributed by atoms with Gasteiger partial charge in [-0.1, -0.05) is 127 Å². The van der Waals surface area contributed by atoms with E-state index in [0.717, 1.165) is 50.0 Å². The molecule has 0 aromatic heterocycles. The molecule has 0 saturated carbocycles. The first kappa shape index (κ1) is 31.7. The summed E-state index contributed by atoms with van der Waals surface area (Å²) < 4.78 is 5.53. The molecule has 0 unspecified atom stereocenters. The molecular formula is C30H56ClNO2.